The summed E-state index contributed by atoms with van der Waals surface area (Å²) in [6, 6.07) is 3.85. The number of anilines is 2. The van der Waals surface area contributed by atoms with E-state index in [1.54, 1.807) is 6.20 Å². The third kappa shape index (κ3) is 4.11. The predicted octanol–water partition coefficient (Wildman–Crippen LogP) is 1.89. The van der Waals surface area contributed by atoms with Gasteiger partial charge >= 0.3 is 0 Å². The first-order valence-electron chi connectivity index (χ1n) is 11.1. The molecule has 4 N–H and O–H groups in total. The molecule has 2 atom stereocenters. The molecule has 5 rings (SSSR count). The molecule has 10 nitrogen and oxygen atoms in total. The number of nitrogens with zero attached hydrogens (tertiary/aromatic N) is 6. The Bertz CT molecular complexity index is 1180. The summed E-state index contributed by atoms with van der Waals surface area (Å²) in [4.78, 5) is 13.7. The van der Waals surface area contributed by atoms with Gasteiger partial charge in [-0.25, -0.2) is 15.0 Å². The van der Waals surface area contributed by atoms with E-state index in [1.165, 1.54) is 0 Å². The quantitative estimate of drug-likeness (QED) is 0.348. The Morgan fingerprint density at radius 2 is 2.19 bits per heavy atom. The van der Waals surface area contributed by atoms with Crippen LogP contribution in [-0.4, -0.2) is 59.8 Å². The first-order valence-corrected chi connectivity index (χ1v) is 11.1. The second-order valence-corrected chi connectivity index (χ2v) is 8.63. The Morgan fingerprint density at radius 3 is 3.00 bits per heavy atom. The van der Waals surface area contributed by atoms with Crippen molar-refractivity contribution in [3.63, 3.8) is 0 Å². The molecule has 0 aromatic carbocycles. The van der Waals surface area contributed by atoms with Gasteiger partial charge in [0.2, 0.25) is 5.78 Å². The van der Waals surface area contributed by atoms with Crippen LogP contribution in [0.25, 0.3) is 11.4 Å². The van der Waals surface area contributed by atoms with Crippen LogP contribution in [0.1, 0.15) is 37.4 Å². The number of piperidine rings is 1. The zero-order valence-corrected chi connectivity index (χ0v) is 18.4. The van der Waals surface area contributed by atoms with Gasteiger partial charge in [0.1, 0.15) is 11.6 Å². The molecule has 5 heterocycles. The summed E-state index contributed by atoms with van der Waals surface area (Å²) in [5, 5.41) is 25.0. The number of rotatable bonds is 7. The number of aromatic nitrogens is 6. The second-order valence-electron chi connectivity index (χ2n) is 8.63. The van der Waals surface area contributed by atoms with Crippen LogP contribution in [0.2, 0.25) is 0 Å². The SMILES string of the molecule is CC(C)c1cnn2c(NCc3cn4cccnc4n3)cc(NC[C@H]3CCNC[C@@H]3O)nc12. The molecule has 0 radical (unpaired) electrons. The second kappa shape index (κ2) is 8.71. The average Bonchev–Trinajstić information content (AvgIpc) is 3.41. The number of hydrogen-bond donors (Lipinski definition) is 4. The zero-order valence-electron chi connectivity index (χ0n) is 18.4. The molecule has 1 fully saturated rings. The van der Waals surface area contributed by atoms with Crippen molar-refractivity contribution in [2.24, 2.45) is 5.92 Å². The van der Waals surface area contributed by atoms with Crippen molar-refractivity contribution in [3.8, 4) is 0 Å². The smallest absolute Gasteiger partial charge is 0.233 e. The Balaban J connectivity index is 1.40. The van der Waals surface area contributed by atoms with Crippen LogP contribution in [-0.2, 0) is 6.54 Å². The van der Waals surface area contributed by atoms with Crippen molar-refractivity contribution in [3.05, 3.63) is 48.2 Å². The van der Waals surface area contributed by atoms with Crippen LogP contribution < -0.4 is 16.0 Å². The molecule has 0 unspecified atom stereocenters. The van der Waals surface area contributed by atoms with Crippen LogP contribution in [0.3, 0.4) is 0 Å². The zero-order chi connectivity index (χ0) is 22.1. The van der Waals surface area contributed by atoms with Crippen LogP contribution in [0, 0.1) is 5.92 Å². The van der Waals surface area contributed by atoms with Gasteiger partial charge < -0.3 is 21.1 Å². The summed E-state index contributed by atoms with van der Waals surface area (Å²) < 4.78 is 3.75. The van der Waals surface area contributed by atoms with Gasteiger partial charge in [0.15, 0.2) is 5.65 Å². The number of aliphatic hydroxyl groups excluding tert-OH is 1. The van der Waals surface area contributed by atoms with Crippen molar-refractivity contribution >= 4 is 23.1 Å². The molecule has 1 aliphatic rings. The van der Waals surface area contributed by atoms with Gasteiger partial charge in [0.25, 0.3) is 0 Å². The highest BCUT2D eigenvalue weighted by Crippen LogP contribution is 2.25. The van der Waals surface area contributed by atoms with Gasteiger partial charge in [0.05, 0.1) is 24.5 Å². The summed E-state index contributed by atoms with van der Waals surface area (Å²) in [7, 11) is 0. The van der Waals surface area contributed by atoms with Crippen molar-refractivity contribution < 1.29 is 5.11 Å². The average molecular weight is 436 g/mol. The molecule has 1 saturated heterocycles. The number of aliphatic hydroxyl groups is 1. The van der Waals surface area contributed by atoms with E-state index in [2.05, 4.69) is 44.9 Å². The molecule has 0 bridgehead atoms. The first-order chi connectivity index (χ1) is 15.6. The van der Waals surface area contributed by atoms with E-state index >= 15 is 0 Å². The standard InChI is InChI=1S/C22H29N9O/c1-14(2)17-11-27-31-20(26-10-16-13-30-7-3-5-24-22(30)28-16)8-19(29-21(17)31)25-9-15-4-6-23-12-18(15)32/h3,5,7-8,11,13-15,18,23,26,32H,4,6,9-10,12H2,1-2H3,(H,25,29)/t15-,18+/m1/s1. The number of nitrogens with one attached hydrogen (secondary N) is 3. The molecule has 4 aromatic rings. The number of fused-ring (bicyclic) bond motifs is 2. The minimum absolute atomic E-state index is 0.200. The minimum atomic E-state index is -0.345. The predicted molar refractivity (Wildman–Crippen MR) is 123 cm³/mol. The Morgan fingerprint density at radius 1 is 1.28 bits per heavy atom. The van der Waals surface area contributed by atoms with Gasteiger partial charge in [-0.05, 0) is 24.9 Å². The van der Waals surface area contributed by atoms with E-state index < -0.39 is 0 Å². The normalized spacial score (nSPS) is 19.1. The van der Waals surface area contributed by atoms with E-state index in [0.29, 0.717) is 31.3 Å². The molecule has 0 aliphatic carbocycles. The number of β-amino-alcohol motifs (C(OH)–C–C–N with tert-alkyl or cyclic N) is 1. The van der Waals surface area contributed by atoms with Gasteiger partial charge in [-0.2, -0.15) is 9.61 Å². The monoisotopic (exact) mass is 435 g/mol. The lowest BCUT2D eigenvalue weighted by Gasteiger charge is -2.28. The van der Waals surface area contributed by atoms with E-state index in [0.717, 1.165) is 41.5 Å². The van der Waals surface area contributed by atoms with Gasteiger partial charge in [-0.15, -0.1) is 0 Å². The van der Waals surface area contributed by atoms with E-state index in [1.807, 2.05) is 39.6 Å². The molecular formula is C22H29N9O. The summed E-state index contributed by atoms with van der Waals surface area (Å²) in [6.45, 7) is 7.05. The third-order valence-electron chi connectivity index (χ3n) is 5.99. The van der Waals surface area contributed by atoms with Crippen LogP contribution >= 0.6 is 0 Å². The van der Waals surface area contributed by atoms with Gasteiger partial charge in [-0.1, -0.05) is 13.8 Å². The fourth-order valence-electron chi connectivity index (χ4n) is 4.12. The minimum Gasteiger partial charge on any atom is -0.391 e. The summed E-state index contributed by atoms with van der Waals surface area (Å²) in [6.07, 6.45) is 8.11. The lowest BCUT2D eigenvalue weighted by molar-refractivity contribution is 0.0883. The fraction of sp³-hybridized carbons (Fsp3) is 0.455. The number of hydrogen-bond acceptors (Lipinski definition) is 8. The van der Waals surface area contributed by atoms with E-state index in [4.69, 9.17) is 4.98 Å². The maximum absolute atomic E-state index is 10.3. The first kappa shape index (κ1) is 20.7. The van der Waals surface area contributed by atoms with Crippen molar-refractivity contribution in [1.29, 1.82) is 0 Å². The summed E-state index contributed by atoms with van der Waals surface area (Å²) in [5.41, 5.74) is 2.81. The van der Waals surface area contributed by atoms with E-state index in [9.17, 15) is 5.11 Å². The van der Waals surface area contributed by atoms with Crippen molar-refractivity contribution in [1.82, 2.24) is 34.3 Å². The van der Waals surface area contributed by atoms with Crippen LogP contribution in [0.15, 0.2) is 36.9 Å². The summed E-state index contributed by atoms with van der Waals surface area (Å²) >= 11 is 0. The van der Waals surface area contributed by atoms with Crippen LogP contribution in [0.5, 0.6) is 0 Å². The molecule has 168 valence electrons. The lowest BCUT2D eigenvalue weighted by atomic mass is 9.95. The third-order valence-corrected chi connectivity index (χ3v) is 5.99. The lowest BCUT2D eigenvalue weighted by Crippen LogP contribution is -2.43. The van der Waals surface area contributed by atoms with E-state index in [-0.39, 0.29) is 12.0 Å². The number of imidazole rings is 1. The van der Waals surface area contributed by atoms with Gasteiger partial charge in [0, 0.05) is 49.2 Å². The van der Waals surface area contributed by atoms with Crippen molar-refractivity contribution in [2.75, 3.05) is 30.3 Å². The Hall–Kier alpha value is -3.24. The molecule has 10 heteroatoms. The van der Waals surface area contributed by atoms with Gasteiger partial charge in [-0.3, -0.25) is 4.40 Å². The largest absolute Gasteiger partial charge is 0.391 e. The fourth-order valence-corrected chi connectivity index (χ4v) is 4.12. The topological polar surface area (TPSA) is 117 Å². The Labute approximate surface area is 186 Å². The van der Waals surface area contributed by atoms with Crippen molar-refractivity contribution in [2.45, 2.75) is 38.8 Å². The molecule has 1 aliphatic heterocycles. The molecule has 4 aromatic heterocycles. The highest BCUT2D eigenvalue weighted by atomic mass is 16.3. The molecule has 32 heavy (non-hydrogen) atoms. The van der Waals surface area contributed by atoms with Crippen LogP contribution in [0.4, 0.5) is 11.6 Å². The molecule has 0 amide bonds. The maximum atomic E-state index is 10.3. The Kier molecular flexibility index (Phi) is 5.62. The highest BCUT2D eigenvalue weighted by Gasteiger charge is 2.23. The molecule has 0 spiro atoms. The highest BCUT2D eigenvalue weighted by molar-refractivity contribution is 5.61. The summed E-state index contributed by atoms with van der Waals surface area (Å²) in [5.74, 6) is 2.78. The maximum Gasteiger partial charge on any atom is 0.233 e. The molecule has 0 saturated carbocycles. The molecular weight excluding hydrogens is 406 g/mol.